The second-order valence-corrected chi connectivity index (χ2v) is 11.5. The first kappa shape index (κ1) is 38.7. The van der Waals surface area contributed by atoms with Gasteiger partial charge in [0.05, 0.1) is 18.8 Å². The number of rotatable bonds is 15. The number of methoxy groups -OCH3 is 1. The molecule has 0 saturated carbocycles. The molecule has 276 valence electrons. The van der Waals surface area contributed by atoms with Crippen molar-refractivity contribution >= 4 is 40.6 Å². The van der Waals surface area contributed by atoms with Crippen molar-refractivity contribution in [2.24, 2.45) is 0 Å². The number of likely N-dealkylation sites (N-methyl/N-ethyl adjacent to an activating group) is 1. The molecule has 52 heavy (non-hydrogen) atoms. The molecule has 2 aromatic heterocycles. The summed E-state index contributed by atoms with van der Waals surface area (Å²) in [6, 6.07) is 7.64. The van der Waals surface area contributed by atoms with E-state index in [0.717, 1.165) is 33.4 Å². The lowest BCUT2D eigenvalue weighted by Gasteiger charge is -2.18. The molecule has 3 N–H and O–H groups in total. The van der Waals surface area contributed by atoms with Crippen LogP contribution < -0.4 is 20.9 Å². The smallest absolute Gasteiger partial charge is 0.416 e. The second-order valence-electron chi connectivity index (χ2n) is 11.5. The summed E-state index contributed by atoms with van der Waals surface area (Å²) >= 11 is 0. The van der Waals surface area contributed by atoms with Gasteiger partial charge in [-0.05, 0) is 55.3 Å². The molecule has 0 saturated heterocycles. The molecular weight excluding hydrogens is 691 g/mol. The quantitative estimate of drug-likeness (QED) is 0.118. The summed E-state index contributed by atoms with van der Waals surface area (Å²) in [5, 5.41) is 15.2. The van der Waals surface area contributed by atoms with Crippen LogP contribution >= 0.6 is 0 Å². The van der Waals surface area contributed by atoms with E-state index < -0.39 is 53.8 Å². The number of carbonyl (C=O) groups excluding carboxylic acids is 3. The molecule has 17 heteroatoms. The van der Waals surface area contributed by atoms with Gasteiger partial charge in [-0.15, -0.1) is 0 Å². The highest BCUT2D eigenvalue weighted by Crippen LogP contribution is 2.32. The van der Waals surface area contributed by atoms with Crippen LogP contribution in [0.25, 0.3) is 10.9 Å². The van der Waals surface area contributed by atoms with Crippen molar-refractivity contribution < 1.29 is 51.7 Å². The summed E-state index contributed by atoms with van der Waals surface area (Å²) in [4.78, 5) is 65.0. The average molecular weight is 728 g/mol. The third kappa shape index (κ3) is 10.00. The minimum absolute atomic E-state index is 0.00824. The highest BCUT2D eigenvalue weighted by atomic mass is 19.1. The standard InChI is InChI=1S/C35H36F3N5O9/c1-41(2)30(44)9-5-4-7-27(40-34(47)51-14-13-50-3)32(45)39-28-8-6-12-42(33(28)46)19-25-16-22-15-24(37)18-29(31(22)43(25)35(48)49)52-20-21-10-11-23(36)17-26(21)38/h5-6,8-12,15-18,27H,4,7,13-14,19-20H2,1-3H3,(H,39,45)(H,40,47)(H,48,49). The number of halogens is 3. The lowest BCUT2D eigenvalue weighted by Crippen LogP contribution is -2.45. The Bertz CT molecular complexity index is 2040. The first-order valence-corrected chi connectivity index (χ1v) is 15.7. The topological polar surface area (TPSA) is 170 Å². The summed E-state index contributed by atoms with van der Waals surface area (Å²) < 4.78 is 59.6. The summed E-state index contributed by atoms with van der Waals surface area (Å²) in [6.07, 6.45) is 1.98. The highest BCUT2D eigenvalue weighted by Gasteiger charge is 2.24. The Balaban J connectivity index is 1.59. The van der Waals surface area contributed by atoms with Crippen molar-refractivity contribution in [3.8, 4) is 5.75 Å². The number of ether oxygens (including phenoxy) is 3. The number of amides is 3. The molecule has 0 aliphatic carbocycles. The summed E-state index contributed by atoms with van der Waals surface area (Å²) in [6.45, 7) is -0.812. The lowest BCUT2D eigenvalue weighted by molar-refractivity contribution is -0.123. The number of aromatic nitrogens is 2. The van der Waals surface area contributed by atoms with Gasteiger partial charge in [0.15, 0.2) is 0 Å². The molecule has 2 aromatic carbocycles. The lowest BCUT2D eigenvalue weighted by atomic mass is 10.1. The minimum Gasteiger partial charge on any atom is -0.486 e. The number of allylic oxidation sites excluding steroid dienone is 1. The molecule has 0 aliphatic rings. The Hall–Kier alpha value is -6.10. The second kappa shape index (κ2) is 17.7. The van der Waals surface area contributed by atoms with Gasteiger partial charge in [0.25, 0.3) is 5.56 Å². The molecular formula is C35H36F3N5O9. The molecule has 0 spiro atoms. The minimum atomic E-state index is -1.50. The van der Waals surface area contributed by atoms with Crippen LogP contribution in [0.2, 0.25) is 0 Å². The third-order valence-corrected chi connectivity index (χ3v) is 7.55. The fourth-order valence-corrected chi connectivity index (χ4v) is 4.99. The molecule has 0 fully saturated rings. The number of hydrogen-bond acceptors (Lipinski definition) is 8. The van der Waals surface area contributed by atoms with Gasteiger partial charge >= 0.3 is 12.2 Å². The van der Waals surface area contributed by atoms with Gasteiger partial charge in [0, 0.05) is 50.5 Å². The number of anilines is 1. The first-order chi connectivity index (χ1) is 24.8. The van der Waals surface area contributed by atoms with E-state index in [-0.39, 0.29) is 72.1 Å². The van der Waals surface area contributed by atoms with Crippen molar-refractivity contribution in [2.75, 3.05) is 39.7 Å². The van der Waals surface area contributed by atoms with E-state index in [0.29, 0.717) is 6.07 Å². The molecule has 1 atom stereocenters. The Morgan fingerprint density at radius 1 is 1.02 bits per heavy atom. The normalized spacial score (nSPS) is 11.7. The Morgan fingerprint density at radius 3 is 2.48 bits per heavy atom. The number of hydrogen-bond donors (Lipinski definition) is 3. The molecule has 3 amide bonds. The van der Waals surface area contributed by atoms with Gasteiger partial charge < -0.3 is 39.4 Å². The molecule has 4 rings (SSSR count). The zero-order valence-corrected chi connectivity index (χ0v) is 28.4. The monoisotopic (exact) mass is 727 g/mol. The van der Waals surface area contributed by atoms with E-state index in [1.165, 1.54) is 48.6 Å². The van der Waals surface area contributed by atoms with Crippen LogP contribution in [0.1, 0.15) is 24.1 Å². The van der Waals surface area contributed by atoms with E-state index in [1.807, 2.05) is 0 Å². The fourth-order valence-electron chi connectivity index (χ4n) is 4.99. The van der Waals surface area contributed by atoms with Crippen LogP contribution in [0, 0.1) is 17.5 Å². The van der Waals surface area contributed by atoms with Gasteiger partial charge in [0.2, 0.25) is 11.8 Å². The number of carboxylic acid groups (broad SMARTS) is 1. The SMILES string of the molecule is COCCOC(=O)NC(CCC=CC(=O)N(C)C)C(=O)Nc1cccn(Cc2cc3cc(F)cc(OCc4ccc(F)cc4F)c3n2C(=O)O)c1=O. The maximum absolute atomic E-state index is 14.6. The van der Waals surface area contributed by atoms with Crippen LogP contribution in [-0.2, 0) is 32.2 Å². The molecule has 0 radical (unpaired) electrons. The Labute approximate surface area is 295 Å². The molecule has 0 bridgehead atoms. The molecule has 14 nitrogen and oxygen atoms in total. The van der Waals surface area contributed by atoms with Crippen LogP contribution in [0.5, 0.6) is 5.75 Å². The maximum atomic E-state index is 14.6. The molecule has 0 aliphatic heterocycles. The Morgan fingerprint density at radius 2 is 1.79 bits per heavy atom. The van der Waals surface area contributed by atoms with Crippen molar-refractivity contribution in [1.82, 2.24) is 19.4 Å². The Kier molecular flexibility index (Phi) is 13.2. The summed E-state index contributed by atoms with van der Waals surface area (Å²) in [5.74, 6) is -3.82. The van der Waals surface area contributed by atoms with E-state index in [2.05, 4.69) is 10.6 Å². The van der Waals surface area contributed by atoms with E-state index in [9.17, 15) is 42.3 Å². The highest BCUT2D eigenvalue weighted by molar-refractivity contribution is 5.96. The number of alkyl carbamates (subject to hydrolysis) is 1. The summed E-state index contributed by atoms with van der Waals surface area (Å²) in [7, 11) is 4.56. The van der Waals surface area contributed by atoms with Crippen molar-refractivity contribution in [2.45, 2.75) is 32.0 Å². The van der Waals surface area contributed by atoms with Crippen molar-refractivity contribution in [3.63, 3.8) is 0 Å². The van der Waals surface area contributed by atoms with Crippen LogP contribution in [-0.4, -0.2) is 83.6 Å². The van der Waals surface area contributed by atoms with Crippen molar-refractivity contribution in [3.05, 3.63) is 106 Å². The zero-order valence-electron chi connectivity index (χ0n) is 28.4. The van der Waals surface area contributed by atoms with Gasteiger partial charge in [-0.1, -0.05) is 6.08 Å². The number of carbonyl (C=O) groups is 4. The maximum Gasteiger partial charge on any atom is 0.416 e. The fraction of sp³-hybridized carbons (Fsp3) is 0.286. The largest absolute Gasteiger partial charge is 0.486 e. The molecule has 2 heterocycles. The number of nitrogens with zero attached hydrogens (tertiary/aromatic N) is 3. The third-order valence-electron chi connectivity index (χ3n) is 7.55. The number of fused-ring (bicyclic) bond motifs is 1. The van der Waals surface area contributed by atoms with E-state index >= 15 is 0 Å². The average Bonchev–Trinajstić information content (AvgIpc) is 3.45. The van der Waals surface area contributed by atoms with Gasteiger partial charge in [-0.25, -0.2) is 27.3 Å². The predicted octanol–water partition coefficient (Wildman–Crippen LogP) is 4.48. The van der Waals surface area contributed by atoms with Gasteiger partial charge in [0.1, 0.15) is 53.7 Å². The summed E-state index contributed by atoms with van der Waals surface area (Å²) in [5.41, 5.74) is -1.09. The molecule has 1 unspecified atom stereocenters. The van der Waals surface area contributed by atoms with Gasteiger partial charge in [-0.3, -0.25) is 14.4 Å². The van der Waals surface area contributed by atoms with Crippen LogP contribution in [0.3, 0.4) is 0 Å². The molecule has 4 aromatic rings. The van der Waals surface area contributed by atoms with Gasteiger partial charge in [-0.2, -0.15) is 0 Å². The zero-order chi connectivity index (χ0) is 37.9. The van der Waals surface area contributed by atoms with Crippen LogP contribution in [0.4, 0.5) is 28.4 Å². The van der Waals surface area contributed by atoms with Crippen LogP contribution in [0.15, 0.2) is 71.7 Å². The van der Waals surface area contributed by atoms with Crippen molar-refractivity contribution in [1.29, 1.82) is 0 Å². The van der Waals surface area contributed by atoms with E-state index in [1.54, 1.807) is 14.1 Å². The van der Waals surface area contributed by atoms with E-state index in [4.69, 9.17) is 14.2 Å². The predicted molar refractivity (Wildman–Crippen MR) is 182 cm³/mol. The first-order valence-electron chi connectivity index (χ1n) is 15.7. The number of nitrogens with one attached hydrogen (secondary N) is 2. The number of benzene rings is 2. The number of pyridine rings is 1.